The van der Waals surface area contributed by atoms with Crippen LogP contribution in [0.15, 0.2) is 24.3 Å². The molecule has 2 atom stereocenters. The zero-order valence-electron chi connectivity index (χ0n) is 13.0. The number of nitrogens with two attached hydrogens (primary N) is 1. The minimum Gasteiger partial charge on any atom is -0.376 e. The van der Waals surface area contributed by atoms with Crippen molar-refractivity contribution in [1.82, 2.24) is 0 Å². The van der Waals surface area contributed by atoms with Crippen molar-refractivity contribution < 1.29 is 17.9 Å². The number of benzene rings is 1. The number of hydrogen-bond acceptors (Lipinski definition) is 2. The third-order valence-electron chi connectivity index (χ3n) is 3.31. The second-order valence-corrected chi connectivity index (χ2v) is 6.31. The van der Waals surface area contributed by atoms with Gasteiger partial charge in [-0.3, -0.25) is 0 Å². The molecule has 2 N–H and O–H groups in total. The van der Waals surface area contributed by atoms with Crippen molar-refractivity contribution in [3.63, 3.8) is 0 Å². The van der Waals surface area contributed by atoms with Crippen LogP contribution < -0.4 is 5.73 Å². The standard InChI is InChI=1S/C16H24F3NO/c1-5-21-14(15(2,3)4)13(20)10-11-7-6-8-12(9-11)16(17,18)19/h6-9,13-14H,5,10,20H2,1-4H3. The van der Waals surface area contributed by atoms with E-state index in [1.807, 2.05) is 27.7 Å². The van der Waals surface area contributed by atoms with Gasteiger partial charge >= 0.3 is 6.18 Å². The molecule has 1 aromatic carbocycles. The summed E-state index contributed by atoms with van der Waals surface area (Å²) in [4.78, 5) is 0. The summed E-state index contributed by atoms with van der Waals surface area (Å²) in [5.41, 5.74) is 5.94. The maximum atomic E-state index is 12.7. The van der Waals surface area contributed by atoms with Gasteiger partial charge in [0.1, 0.15) is 0 Å². The van der Waals surface area contributed by atoms with E-state index in [-0.39, 0.29) is 17.6 Å². The minimum absolute atomic E-state index is 0.170. The van der Waals surface area contributed by atoms with Gasteiger partial charge in [0.2, 0.25) is 0 Å². The first-order valence-electron chi connectivity index (χ1n) is 7.09. The number of alkyl halides is 3. The highest BCUT2D eigenvalue weighted by atomic mass is 19.4. The molecule has 0 amide bonds. The summed E-state index contributed by atoms with van der Waals surface area (Å²) in [5.74, 6) is 0. The van der Waals surface area contributed by atoms with E-state index in [0.717, 1.165) is 12.1 Å². The molecule has 0 aliphatic carbocycles. The fourth-order valence-electron chi connectivity index (χ4n) is 2.45. The van der Waals surface area contributed by atoms with E-state index in [2.05, 4.69) is 0 Å². The van der Waals surface area contributed by atoms with Crippen LogP contribution in [-0.4, -0.2) is 18.8 Å². The molecule has 0 saturated heterocycles. The highest BCUT2D eigenvalue weighted by Gasteiger charge is 2.32. The molecule has 0 aromatic heterocycles. The molecular weight excluding hydrogens is 279 g/mol. The van der Waals surface area contributed by atoms with Gasteiger partial charge in [-0.2, -0.15) is 13.2 Å². The normalized spacial score (nSPS) is 15.8. The van der Waals surface area contributed by atoms with Crippen LogP contribution in [0.25, 0.3) is 0 Å². The van der Waals surface area contributed by atoms with Crippen LogP contribution in [0.5, 0.6) is 0 Å². The predicted octanol–water partition coefficient (Wildman–Crippen LogP) is 4.03. The van der Waals surface area contributed by atoms with Crippen LogP contribution in [0.2, 0.25) is 0 Å². The van der Waals surface area contributed by atoms with Gasteiger partial charge in [0, 0.05) is 12.6 Å². The smallest absolute Gasteiger partial charge is 0.376 e. The number of rotatable bonds is 5. The summed E-state index contributed by atoms with van der Waals surface area (Å²) in [5, 5.41) is 0. The molecule has 0 radical (unpaired) electrons. The molecule has 2 nitrogen and oxygen atoms in total. The van der Waals surface area contributed by atoms with Gasteiger partial charge in [0.25, 0.3) is 0 Å². The van der Waals surface area contributed by atoms with Gasteiger partial charge in [0.05, 0.1) is 11.7 Å². The van der Waals surface area contributed by atoms with Crippen molar-refractivity contribution in [1.29, 1.82) is 0 Å². The highest BCUT2D eigenvalue weighted by Crippen LogP contribution is 2.30. The molecule has 5 heteroatoms. The summed E-state index contributed by atoms with van der Waals surface area (Å²) >= 11 is 0. The van der Waals surface area contributed by atoms with E-state index in [1.165, 1.54) is 6.07 Å². The molecule has 0 aliphatic heterocycles. The predicted molar refractivity (Wildman–Crippen MR) is 78.0 cm³/mol. The van der Waals surface area contributed by atoms with Gasteiger partial charge in [-0.25, -0.2) is 0 Å². The van der Waals surface area contributed by atoms with E-state index in [4.69, 9.17) is 10.5 Å². The SMILES string of the molecule is CCOC(C(N)Cc1cccc(C(F)(F)F)c1)C(C)(C)C. The molecule has 0 saturated carbocycles. The molecule has 0 heterocycles. The molecule has 0 aliphatic rings. The second-order valence-electron chi connectivity index (χ2n) is 6.31. The average Bonchev–Trinajstić information content (AvgIpc) is 2.33. The number of hydrogen-bond donors (Lipinski definition) is 1. The van der Waals surface area contributed by atoms with Crippen molar-refractivity contribution in [3.05, 3.63) is 35.4 Å². The first-order chi connectivity index (χ1) is 9.55. The molecule has 120 valence electrons. The Morgan fingerprint density at radius 3 is 2.29 bits per heavy atom. The summed E-state index contributed by atoms with van der Waals surface area (Å²) in [6, 6.07) is 4.95. The molecule has 21 heavy (non-hydrogen) atoms. The van der Waals surface area contributed by atoms with Gasteiger partial charge in [-0.05, 0) is 30.4 Å². The lowest BCUT2D eigenvalue weighted by atomic mass is 9.82. The Balaban J connectivity index is 2.89. The number of ether oxygens (including phenoxy) is 1. The largest absolute Gasteiger partial charge is 0.416 e. The highest BCUT2D eigenvalue weighted by molar-refractivity contribution is 5.26. The maximum Gasteiger partial charge on any atom is 0.416 e. The van der Waals surface area contributed by atoms with Gasteiger partial charge in [-0.15, -0.1) is 0 Å². The van der Waals surface area contributed by atoms with Crippen molar-refractivity contribution >= 4 is 0 Å². The monoisotopic (exact) mass is 303 g/mol. The summed E-state index contributed by atoms with van der Waals surface area (Å²) in [7, 11) is 0. The lowest BCUT2D eigenvalue weighted by molar-refractivity contribution is -0.137. The quantitative estimate of drug-likeness (QED) is 0.891. The van der Waals surface area contributed by atoms with Crippen LogP contribution in [0.1, 0.15) is 38.8 Å². The zero-order chi connectivity index (χ0) is 16.3. The van der Waals surface area contributed by atoms with Crippen LogP contribution in [0.3, 0.4) is 0 Å². The van der Waals surface area contributed by atoms with Crippen LogP contribution in [0.4, 0.5) is 13.2 Å². The fourth-order valence-corrected chi connectivity index (χ4v) is 2.45. The molecule has 0 fully saturated rings. The summed E-state index contributed by atoms with van der Waals surface area (Å²) < 4.78 is 43.8. The van der Waals surface area contributed by atoms with Crippen molar-refractivity contribution in [2.75, 3.05) is 6.61 Å². The number of halogens is 3. The van der Waals surface area contributed by atoms with Crippen LogP contribution in [-0.2, 0) is 17.3 Å². The second kappa shape index (κ2) is 6.79. The van der Waals surface area contributed by atoms with Crippen LogP contribution >= 0.6 is 0 Å². The first kappa shape index (κ1) is 18.0. The topological polar surface area (TPSA) is 35.2 Å². The van der Waals surface area contributed by atoms with Crippen molar-refractivity contribution in [3.8, 4) is 0 Å². The average molecular weight is 303 g/mol. The third-order valence-corrected chi connectivity index (χ3v) is 3.31. The zero-order valence-corrected chi connectivity index (χ0v) is 13.0. The van der Waals surface area contributed by atoms with E-state index >= 15 is 0 Å². The Labute approximate surface area is 124 Å². The third kappa shape index (κ3) is 5.32. The molecular formula is C16H24F3NO. The Hall–Kier alpha value is -1.07. The van der Waals surface area contributed by atoms with Gasteiger partial charge in [-0.1, -0.05) is 39.0 Å². The van der Waals surface area contributed by atoms with Gasteiger partial charge in [0.15, 0.2) is 0 Å². The Morgan fingerprint density at radius 1 is 1.19 bits per heavy atom. The molecule has 0 bridgehead atoms. The lowest BCUT2D eigenvalue weighted by Crippen LogP contribution is -2.46. The van der Waals surface area contributed by atoms with Gasteiger partial charge < -0.3 is 10.5 Å². The van der Waals surface area contributed by atoms with Crippen molar-refractivity contribution in [2.45, 2.75) is 52.4 Å². The fraction of sp³-hybridized carbons (Fsp3) is 0.625. The Bertz CT molecular complexity index is 452. The Kier molecular flexibility index (Phi) is 5.82. The summed E-state index contributed by atoms with van der Waals surface area (Å²) in [6.45, 7) is 8.45. The molecule has 1 aromatic rings. The summed E-state index contributed by atoms with van der Waals surface area (Å²) in [6.07, 6.45) is -4.19. The van der Waals surface area contributed by atoms with E-state index in [1.54, 1.807) is 6.07 Å². The lowest BCUT2D eigenvalue weighted by Gasteiger charge is -2.35. The first-order valence-corrected chi connectivity index (χ1v) is 7.09. The maximum absolute atomic E-state index is 12.7. The molecule has 2 unspecified atom stereocenters. The van der Waals surface area contributed by atoms with Crippen molar-refractivity contribution in [2.24, 2.45) is 11.1 Å². The minimum atomic E-state index is -4.33. The Morgan fingerprint density at radius 2 is 1.81 bits per heavy atom. The molecule has 0 spiro atoms. The van der Waals surface area contributed by atoms with E-state index in [0.29, 0.717) is 18.6 Å². The van der Waals surface area contributed by atoms with E-state index < -0.39 is 11.7 Å². The van der Waals surface area contributed by atoms with Crippen LogP contribution in [0, 0.1) is 5.41 Å². The molecule has 1 rings (SSSR count). The van der Waals surface area contributed by atoms with E-state index in [9.17, 15) is 13.2 Å².